The molecule has 3 rings (SSSR count). The van der Waals surface area contributed by atoms with Crippen LogP contribution in [0.5, 0.6) is 0 Å². The van der Waals surface area contributed by atoms with Crippen molar-refractivity contribution in [1.82, 2.24) is 0 Å². The van der Waals surface area contributed by atoms with Gasteiger partial charge >= 0.3 is 5.97 Å². The number of carbonyl (C=O) groups excluding carboxylic acids is 1. The fourth-order valence-electron chi connectivity index (χ4n) is 6.32. The average Bonchev–Trinajstić information content (AvgIpc) is 2.76. The Morgan fingerprint density at radius 2 is 1.94 bits per heavy atom. The Bertz CT molecular complexity index is 790. The Morgan fingerprint density at radius 1 is 1.26 bits per heavy atom. The van der Waals surface area contributed by atoms with Crippen molar-refractivity contribution < 1.29 is 29.2 Å². The maximum atomic E-state index is 11.7. The van der Waals surface area contributed by atoms with E-state index in [-0.39, 0.29) is 5.41 Å². The number of rotatable bonds is 7. The lowest BCUT2D eigenvalue weighted by Crippen LogP contribution is -2.60. The van der Waals surface area contributed by atoms with E-state index >= 15 is 0 Å². The van der Waals surface area contributed by atoms with E-state index < -0.39 is 42.3 Å². The molecule has 0 aromatic heterocycles. The molecule has 9 unspecified atom stereocenters. The second-order valence-electron chi connectivity index (χ2n) is 12.0. The second kappa shape index (κ2) is 10.0. The number of hydrogen-bond donors (Lipinski definition) is 2. The van der Waals surface area contributed by atoms with Gasteiger partial charge in [0.1, 0.15) is 12.2 Å². The van der Waals surface area contributed by atoms with E-state index in [4.69, 9.17) is 14.2 Å². The fraction of sp³-hybridized carbons (Fsp3) is 0.821. The number of aliphatic hydroxyl groups excluding tert-OH is 2. The van der Waals surface area contributed by atoms with E-state index in [1.165, 1.54) is 26.2 Å². The van der Waals surface area contributed by atoms with Gasteiger partial charge in [0.2, 0.25) is 0 Å². The molecular formula is C28H46O6. The summed E-state index contributed by atoms with van der Waals surface area (Å²) in [6.07, 6.45) is 5.52. The van der Waals surface area contributed by atoms with Crippen LogP contribution in [0.4, 0.5) is 0 Å². The SMILES string of the molecule is C=CC(C)(CCC1(C)C2=CCCC(C)(C)C2CCC1C)OC1OC(C)C(O)C(O)C1OC(C)=O. The van der Waals surface area contributed by atoms with Crippen LogP contribution in [-0.2, 0) is 19.0 Å². The maximum absolute atomic E-state index is 11.7. The molecule has 2 fully saturated rings. The highest BCUT2D eigenvalue weighted by atomic mass is 16.7. The molecule has 6 nitrogen and oxygen atoms in total. The van der Waals surface area contributed by atoms with Gasteiger partial charge in [-0.25, -0.2) is 0 Å². The van der Waals surface area contributed by atoms with Gasteiger partial charge in [0.25, 0.3) is 0 Å². The maximum Gasteiger partial charge on any atom is 0.303 e. The lowest BCUT2D eigenvalue weighted by atomic mass is 9.52. The smallest absolute Gasteiger partial charge is 0.303 e. The molecule has 1 saturated carbocycles. The zero-order valence-electron chi connectivity index (χ0n) is 22.2. The first-order valence-electron chi connectivity index (χ1n) is 12.9. The van der Waals surface area contributed by atoms with Gasteiger partial charge in [-0.15, -0.1) is 6.58 Å². The van der Waals surface area contributed by atoms with Gasteiger partial charge in [0, 0.05) is 6.92 Å². The molecule has 2 N–H and O–H groups in total. The number of aliphatic hydroxyl groups is 2. The van der Waals surface area contributed by atoms with Gasteiger partial charge in [-0.05, 0) is 75.0 Å². The van der Waals surface area contributed by atoms with E-state index in [0.717, 1.165) is 12.8 Å². The summed E-state index contributed by atoms with van der Waals surface area (Å²) in [5.74, 6) is 0.616. The van der Waals surface area contributed by atoms with E-state index in [1.807, 2.05) is 6.92 Å². The summed E-state index contributed by atoms with van der Waals surface area (Å²) < 4.78 is 17.5. The van der Waals surface area contributed by atoms with Gasteiger partial charge < -0.3 is 24.4 Å². The molecule has 3 aliphatic rings. The molecule has 0 aromatic carbocycles. The minimum absolute atomic E-state index is 0.0694. The standard InChI is InChI=1S/C28H46O6/c1-9-27(7,34-25-24(33-19(4)29)23(31)22(30)18(3)32-25)15-16-28(8)17(2)12-13-20-21(28)11-10-14-26(20,5)6/h9,11,17-18,20,22-25,30-31H,1,10,12-16H2,2-8H3. The number of hydrogen-bond acceptors (Lipinski definition) is 6. The summed E-state index contributed by atoms with van der Waals surface area (Å²) >= 11 is 0. The fourth-order valence-corrected chi connectivity index (χ4v) is 6.32. The average molecular weight is 479 g/mol. The Labute approximate surface area is 205 Å². The van der Waals surface area contributed by atoms with Crippen LogP contribution in [0.3, 0.4) is 0 Å². The normalized spacial score (nSPS) is 41.6. The highest BCUT2D eigenvalue weighted by Gasteiger charge is 2.50. The molecule has 194 valence electrons. The van der Waals surface area contributed by atoms with Crippen molar-refractivity contribution in [2.24, 2.45) is 22.7 Å². The lowest BCUT2D eigenvalue weighted by molar-refractivity contribution is -0.315. The largest absolute Gasteiger partial charge is 0.454 e. The topological polar surface area (TPSA) is 85.2 Å². The second-order valence-corrected chi connectivity index (χ2v) is 12.0. The molecule has 1 saturated heterocycles. The third kappa shape index (κ3) is 5.30. The monoisotopic (exact) mass is 478 g/mol. The molecule has 0 radical (unpaired) electrons. The third-order valence-electron chi connectivity index (χ3n) is 9.15. The van der Waals surface area contributed by atoms with Crippen molar-refractivity contribution in [3.05, 3.63) is 24.3 Å². The van der Waals surface area contributed by atoms with Crippen molar-refractivity contribution >= 4 is 5.97 Å². The highest BCUT2D eigenvalue weighted by molar-refractivity contribution is 5.66. The Morgan fingerprint density at radius 3 is 2.56 bits per heavy atom. The molecule has 1 aliphatic heterocycles. The molecule has 6 heteroatoms. The van der Waals surface area contributed by atoms with Crippen LogP contribution in [0, 0.1) is 22.7 Å². The van der Waals surface area contributed by atoms with Gasteiger partial charge in [-0.2, -0.15) is 0 Å². The third-order valence-corrected chi connectivity index (χ3v) is 9.15. The van der Waals surface area contributed by atoms with Crippen molar-refractivity contribution in [1.29, 1.82) is 0 Å². The van der Waals surface area contributed by atoms with E-state index in [9.17, 15) is 15.0 Å². The first kappa shape index (κ1) is 27.4. The number of esters is 1. The number of carbonyl (C=O) groups is 1. The van der Waals surface area contributed by atoms with Gasteiger partial charge in [0.15, 0.2) is 12.4 Å². The zero-order valence-corrected chi connectivity index (χ0v) is 22.2. The van der Waals surface area contributed by atoms with E-state index in [2.05, 4.69) is 40.3 Å². The Hall–Kier alpha value is -1.21. The first-order valence-corrected chi connectivity index (χ1v) is 12.9. The summed E-state index contributed by atoms with van der Waals surface area (Å²) in [5.41, 5.74) is 1.24. The molecule has 0 amide bonds. The van der Waals surface area contributed by atoms with Crippen molar-refractivity contribution in [3.8, 4) is 0 Å². The minimum atomic E-state index is -1.29. The summed E-state index contributed by atoms with van der Waals surface area (Å²) in [6.45, 7) is 18.5. The van der Waals surface area contributed by atoms with Crippen LogP contribution in [0.25, 0.3) is 0 Å². The quantitative estimate of drug-likeness (QED) is 0.399. The van der Waals surface area contributed by atoms with Crippen LogP contribution in [0.15, 0.2) is 24.3 Å². The molecule has 34 heavy (non-hydrogen) atoms. The lowest BCUT2D eigenvalue weighted by Gasteiger charge is -2.53. The Balaban J connectivity index is 1.79. The van der Waals surface area contributed by atoms with Crippen molar-refractivity contribution in [2.75, 3.05) is 0 Å². The predicted molar refractivity (Wildman–Crippen MR) is 132 cm³/mol. The molecule has 2 aliphatic carbocycles. The summed E-state index contributed by atoms with van der Waals surface area (Å²) in [4.78, 5) is 11.7. The minimum Gasteiger partial charge on any atom is -0.454 e. The van der Waals surface area contributed by atoms with Crippen LogP contribution in [-0.4, -0.2) is 52.5 Å². The highest BCUT2D eigenvalue weighted by Crippen LogP contribution is 2.58. The summed E-state index contributed by atoms with van der Waals surface area (Å²) in [5, 5.41) is 20.8. The summed E-state index contributed by atoms with van der Waals surface area (Å²) in [6, 6.07) is 0. The van der Waals surface area contributed by atoms with Crippen LogP contribution in [0.2, 0.25) is 0 Å². The molecule has 0 aromatic rings. The van der Waals surface area contributed by atoms with E-state index in [1.54, 1.807) is 18.6 Å². The van der Waals surface area contributed by atoms with Gasteiger partial charge in [0.05, 0.1) is 11.7 Å². The molecule has 1 heterocycles. The van der Waals surface area contributed by atoms with Crippen molar-refractivity contribution in [3.63, 3.8) is 0 Å². The van der Waals surface area contributed by atoms with Crippen LogP contribution in [0.1, 0.15) is 87.0 Å². The number of allylic oxidation sites excluding steroid dienone is 2. The predicted octanol–water partition coefficient (Wildman–Crippen LogP) is 4.93. The Kier molecular flexibility index (Phi) is 8.08. The molecule has 0 spiro atoms. The number of ether oxygens (including phenoxy) is 3. The number of fused-ring (bicyclic) bond motifs is 1. The van der Waals surface area contributed by atoms with Crippen molar-refractivity contribution in [2.45, 2.75) is 123 Å². The van der Waals surface area contributed by atoms with Gasteiger partial charge in [-0.1, -0.05) is 45.4 Å². The van der Waals surface area contributed by atoms with Crippen LogP contribution < -0.4 is 0 Å². The van der Waals surface area contributed by atoms with E-state index in [0.29, 0.717) is 23.7 Å². The molecule has 9 atom stereocenters. The molecule has 0 bridgehead atoms. The van der Waals surface area contributed by atoms with Crippen LogP contribution >= 0.6 is 0 Å². The zero-order chi connectivity index (χ0) is 25.5. The summed E-state index contributed by atoms with van der Waals surface area (Å²) in [7, 11) is 0. The van der Waals surface area contributed by atoms with Gasteiger partial charge in [-0.3, -0.25) is 4.79 Å². The first-order chi connectivity index (χ1) is 15.7. The molecular weight excluding hydrogens is 432 g/mol.